The van der Waals surface area contributed by atoms with Crippen molar-refractivity contribution < 1.29 is 18.4 Å². The average molecular weight is 465 g/mol. The lowest BCUT2D eigenvalue weighted by molar-refractivity contribution is -0.128. The predicted octanol–water partition coefficient (Wildman–Crippen LogP) is 3.39. The number of nitriles is 1. The third-order valence-electron chi connectivity index (χ3n) is 7.09. The van der Waals surface area contributed by atoms with Gasteiger partial charge in [-0.05, 0) is 61.4 Å². The second-order valence-corrected chi connectivity index (χ2v) is 9.53. The molecular formula is C26H26F2N4O2. The zero-order valence-electron chi connectivity index (χ0n) is 18.7. The first-order valence-electron chi connectivity index (χ1n) is 11.7. The number of likely N-dealkylation sites (tertiary alicyclic amines) is 1. The van der Waals surface area contributed by atoms with Gasteiger partial charge in [0.1, 0.15) is 17.7 Å². The van der Waals surface area contributed by atoms with E-state index in [1.165, 1.54) is 0 Å². The molecule has 1 N–H and O–H groups in total. The fraction of sp³-hybridized carbons (Fsp3) is 0.423. The van der Waals surface area contributed by atoms with Crippen molar-refractivity contribution in [2.45, 2.75) is 43.8 Å². The van der Waals surface area contributed by atoms with E-state index in [0.29, 0.717) is 31.1 Å². The third-order valence-corrected chi connectivity index (χ3v) is 7.09. The lowest BCUT2D eigenvalue weighted by Crippen LogP contribution is -2.58. The van der Waals surface area contributed by atoms with Crippen molar-refractivity contribution in [3.05, 3.63) is 70.8 Å². The second kappa shape index (κ2) is 9.15. The molecular weight excluding hydrogens is 438 g/mol. The molecule has 1 aliphatic carbocycles. The SMILES string of the molecule is N#Cc1ccc([C@H](C(=O)NCC2CC2)N2CC3CCC(C2)N3C(=O)c2cc(F)cc(F)c2)cc1. The van der Waals surface area contributed by atoms with Crippen LogP contribution in [0, 0.1) is 28.9 Å². The highest BCUT2D eigenvalue weighted by molar-refractivity contribution is 5.95. The van der Waals surface area contributed by atoms with Crippen LogP contribution >= 0.6 is 0 Å². The minimum Gasteiger partial charge on any atom is -0.354 e. The van der Waals surface area contributed by atoms with Gasteiger partial charge in [-0.15, -0.1) is 0 Å². The highest BCUT2D eigenvalue weighted by Crippen LogP contribution is 2.36. The molecule has 8 heteroatoms. The molecule has 2 bridgehead atoms. The van der Waals surface area contributed by atoms with Crippen molar-refractivity contribution in [1.29, 1.82) is 5.26 Å². The fourth-order valence-electron chi connectivity index (χ4n) is 5.24. The molecule has 34 heavy (non-hydrogen) atoms. The number of fused-ring (bicyclic) bond motifs is 2. The molecule has 0 aromatic heterocycles. The second-order valence-electron chi connectivity index (χ2n) is 9.53. The monoisotopic (exact) mass is 464 g/mol. The fourth-order valence-corrected chi connectivity index (χ4v) is 5.24. The summed E-state index contributed by atoms with van der Waals surface area (Å²) in [6.07, 6.45) is 3.81. The molecule has 0 radical (unpaired) electrons. The number of rotatable bonds is 6. The molecule has 0 spiro atoms. The smallest absolute Gasteiger partial charge is 0.254 e. The van der Waals surface area contributed by atoms with Gasteiger partial charge < -0.3 is 10.2 Å². The van der Waals surface area contributed by atoms with Gasteiger partial charge in [-0.1, -0.05) is 12.1 Å². The normalized spacial score (nSPS) is 22.8. The van der Waals surface area contributed by atoms with Crippen molar-refractivity contribution in [3.8, 4) is 6.07 Å². The van der Waals surface area contributed by atoms with Gasteiger partial charge in [0.25, 0.3) is 5.91 Å². The molecule has 2 aromatic carbocycles. The number of halogens is 2. The van der Waals surface area contributed by atoms with Gasteiger partial charge in [-0.3, -0.25) is 14.5 Å². The molecule has 2 aromatic rings. The zero-order valence-corrected chi connectivity index (χ0v) is 18.7. The molecule has 3 fully saturated rings. The quantitative estimate of drug-likeness (QED) is 0.711. The largest absolute Gasteiger partial charge is 0.354 e. The van der Waals surface area contributed by atoms with E-state index in [1.807, 2.05) is 12.1 Å². The number of hydrogen-bond acceptors (Lipinski definition) is 4. The molecule has 2 heterocycles. The van der Waals surface area contributed by atoms with E-state index in [2.05, 4.69) is 16.3 Å². The first-order valence-corrected chi connectivity index (χ1v) is 11.7. The van der Waals surface area contributed by atoms with E-state index in [9.17, 15) is 18.4 Å². The standard InChI is InChI=1S/C26H26F2N4O2/c27-20-9-19(10-21(28)11-20)26(34)32-22-7-8-23(32)15-31(14-22)24(25(33)30-13-17-1-2-17)18-5-3-16(12-29)4-6-18/h3-6,9-11,17,22-24H,1-2,7-8,13-15H2,(H,30,33)/t22?,23?,24-/m1/s1. The van der Waals surface area contributed by atoms with Gasteiger partial charge in [-0.2, -0.15) is 5.26 Å². The Balaban J connectivity index is 1.37. The first-order chi connectivity index (χ1) is 16.4. The van der Waals surface area contributed by atoms with Gasteiger partial charge in [0.2, 0.25) is 5.91 Å². The number of nitrogens with zero attached hydrogens (tertiary/aromatic N) is 3. The van der Waals surface area contributed by atoms with Crippen LogP contribution in [0.15, 0.2) is 42.5 Å². The minimum atomic E-state index is -0.775. The summed E-state index contributed by atoms with van der Waals surface area (Å²) in [5, 5.41) is 12.2. The van der Waals surface area contributed by atoms with Crippen molar-refractivity contribution in [2.75, 3.05) is 19.6 Å². The summed E-state index contributed by atoms with van der Waals surface area (Å²) < 4.78 is 27.4. The van der Waals surface area contributed by atoms with Gasteiger partial charge in [0.05, 0.1) is 11.6 Å². The van der Waals surface area contributed by atoms with Crippen LogP contribution in [0.25, 0.3) is 0 Å². The van der Waals surface area contributed by atoms with E-state index >= 15 is 0 Å². The number of piperazine rings is 1. The maximum Gasteiger partial charge on any atom is 0.254 e. The van der Waals surface area contributed by atoms with Crippen molar-refractivity contribution >= 4 is 11.8 Å². The first kappa shape index (κ1) is 22.5. The molecule has 3 aliphatic rings. The summed E-state index contributed by atoms with van der Waals surface area (Å²) in [6.45, 7) is 1.63. The van der Waals surface area contributed by atoms with Gasteiger partial charge >= 0.3 is 0 Å². The molecule has 3 atom stereocenters. The average Bonchev–Trinajstić information content (AvgIpc) is 3.61. The van der Waals surface area contributed by atoms with Crippen LogP contribution in [-0.4, -0.2) is 53.3 Å². The van der Waals surface area contributed by atoms with Crippen LogP contribution in [0.5, 0.6) is 0 Å². The Morgan fingerprint density at radius 1 is 1.00 bits per heavy atom. The molecule has 2 saturated heterocycles. The zero-order chi connectivity index (χ0) is 23.8. The lowest BCUT2D eigenvalue weighted by atomic mass is 10.00. The van der Waals surface area contributed by atoms with Crippen LogP contribution in [0.3, 0.4) is 0 Å². The van der Waals surface area contributed by atoms with Crippen LogP contribution in [0.2, 0.25) is 0 Å². The molecule has 2 amide bonds. The minimum absolute atomic E-state index is 0.00803. The van der Waals surface area contributed by atoms with Crippen molar-refractivity contribution in [2.24, 2.45) is 5.92 Å². The summed E-state index contributed by atoms with van der Waals surface area (Å²) in [5.74, 6) is -1.46. The Labute approximate surface area is 197 Å². The Morgan fingerprint density at radius 3 is 2.18 bits per heavy atom. The summed E-state index contributed by atoms with van der Waals surface area (Å²) in [4.78, 5) is 30.3. The number of carbonyl (C=O) groups is 2. The van der Waals surface area contributed by atoms with Gasteiger partial charge in [-0.25, -0.2) is 8.78 Å². The number of amides is 2. The van der Waals surface area contributed by atoms with Crippen molar-refractivity contribution in [1.82, 2.24) is 15.1 Å². The maximum atomic E-state index is 13.7. The summed E-state index contributed by atoms with van der Waals surface area (Å²) in [7, 11) is 0. The van der Waals surface area contributed by atoms with Crippen LogP contribution in [0.4, 0.5) is 8.78 Å². The van der Waals surface area contributed by atoms with E-state index < -0.39 is 17.7 Å². The number of carbonyl (C=O) groups excluding carboxylic acids is 2. The summed E-state index contributed by atoms with van der Waals surface area (Å²) >= 11 is 0. The summed E-state index contributed by atoms with van der Waals surface area (Å²) in [5.41, 5.74) is 1.34. The van der Waals surface area contributed by atoms with E-state index in [0.717, 1.165) is 49.4 Å². The highest BCUT2D eigenvalue weighted by atomic mass is 19.1. The van der Waals surface area contributed by atoms with Gasteiger partial charge in [0, 0.05) is 43.3 Å². The number of benzene rings is 2. The number of nitrogens with one attached hydrogen (secondary N) is 1. The van der Waals surface area contributed by atoms with Crippen LogP contribution in [-0.2, 0) is 4.79 Å². The maximum absolute atomic E-state index is 13.7. The molecule has 2 aliphatic heterocycles. The highest BCUT2D eigenvalue weighted by Gasteiger charge is 2.46. The Kier molecular flexibility index (Phi) is 6.05. The molecule has 176 valence electrons. The third kappa shape index (κ3) is 4.53. The topological polar surface area (TPSA) is 76.4 Å². The number of hydrogen-bond donors (Lipinski definition) is 1. The Morgan fingerprint density at radius 2 is 1.62 bits per heavy atom. The molecule has 5 rings (SSSR count). The molecule has 2 unspecified atom stereocenters. The van der Waals surface area contributed by atoms with E-state index in [4.69, 9.17) is 5.26 Å². The molecule has 6 nitrogen and oxygen atoms in total. The van der Waals surface area contributed by atoms with Crippen LogP contribution < -0.4 is 5.32 Å². The Hall–Kier alpha value is -3.31. The predicted molar refractivity (Wildman–Crippen MR) is 121 cm³/mol. The van der Waals surface area contributed by atoms with E-state index in [1.54, 1.807) is 17.0 Å². The molecule has 1 saturated carbocycles. The lowest BCUT2D eigenvalue weighted by Gasteiger charge is -2.44. The van der Waals surface area contributed by atoms with Crippen molar-refractivity contribution in [3.63, 3.8) is 0 Å². The van der Waals surface area contributed by atoms with E-state index in [-0.39, 0.29) is 29.5 Å². The Bertz CT molecular complexity index is 1110. The van der Waals surface area contributed by atoms with Crippen LogP contribution in [0.1, 0.15) is 53.2 Å². The summed E-state index contributed by atoms with van der Waals surface area (Å²) in [6, 6.07) is 11.2. The van der Waals surface area contributed by atoms with Gasteiger partial charge in [0.15, 0.2) is 0 Å².